The van der Waals surface area contributed by atoms with Crippen LogP contribution in [0.5, 0.6) is 0 Å². The fraction of sp³-hybridized carbons (Fsp3) is 0.786. The van der Waals surface area contributed by atoms with E-state index in [2.05, 4.69) is 16.6 Å². The first-order chi connectivity index (χ1) is 8.88. The molecule has 0 aromatic carbocycles. The van der Waals surface area contributed by atoms with Gasteiger partial charge in [0.05, 0.1) is 25.0 Å². The molecule has 102 valence electrons. The van der Waals surface area contributed by atoms with Crippen molar-refractivity contribution in [1.82, 2.24) is 9.78 Å². The van der Waals surface area contributed by atoms with Gasteiger partial charge in [-0.15, -0.1) is 0 Å². The number of hydrogen-bond acceptors (Lipinski definition) is 3. The van der Waals surface area contributed by atoms with E-state index in [1.807, 2.05) is 10.9 Å². The normalized spacial score (nSPS) is 17.6. The van der Waals surface area contributed by atoms with Crippen molar-refractivity contribution >= 4 is 5.69 Å². The lowest BCUT2D eigenvalue weighted by molar-refractivity contribution is 0.183. The topological polar surface area (TPSA) is 39.1 Å². The monoisotopic (exact) mass is 251 g/mol. The number of ether oxygens (including phenoxy) is 1. The van der Waals surface area contributed by atoms with Crippen LogP contribution in [-0.2, 0) is 11.3 Å². The van der Waals surface area contributed by atoms with Crippen molar-refractivity contribution < 1.29 is 4.74 Å². The highest BCUT2D eigenvalue weighted by Gasteiger charge is 2.12. The number of rotatable bonds is 6. The lowest BCUT2D eigenvalue weighted by atomic mass is 10.0. The lowest BCUT2D eigenvalue weighted by Gasteiger charge is -2.14. The van der Waals surface area contributed by atoms with Gasteiger partial charge < -0.3 is 10.1 Å². The number of nitrogens with zero attached hydrogens (tertiary/aromatic N) is 2. The summed E-state index contributed by atoms with van der Waals surface area (Å²) in [4.78, 5) is 0. The molecular weight excluding hydrogens is 226 g/mol. The summed E-state index contributed by atoms with van der Waals surface area (Å²) < 4.78 is 6.97. The Morgan fingerprint density at radius 3 is 2.83 bits per heavy atom. The molecule has 0 atom stereocenters. The lowest BCUT2D eigenvalue weighted by Crippen LogP contribution is -2.13. The summed E-state index contributed by atoms with van der Waals surface area (Å²) in [6, 6.07) is 0. The van der Waals surface area contributed by atoms with E-state index in [-0.39, 0.29) is 0 Å². The Labute approximate surface area is 110 Å². The summed E-state index contributed by atoms with van der Waals surface area (Å²) in [5, 5.41) is 7.82. The van der Waals surface area contributed by atoms with E-state index in [4.69, 9.17) is 4.74 Å². The SMILES string of the molecule is COCCn1cc(NCC2CCCCCC2)cn1. The molecule has 1 aliphatic carbocycles. The number of methoxy groups -OCH3 is 1. The molecular formula is C14H25N3O. The molecule has 1 saturated carbocycles. The first-order valence-electron chi connectivity index (χ1n) is 7.14. The van der Waals surface area contributed by atoms with Crippen molar-refractivity contribution in [2.45, 2.75) is 45.1 Å². The van der Waals surface area contributed by atoms with Gasteiger partial charge in [-0.1, -0.05) is 25.7 Å². The van der Waals surface area contributed by atoms with E-state index in [9.17, 15) is 0 Å². The molecule has 1 N–H and O–H groups in total. The molecule has 1 aromatic heterocycles. The predicted molar refractivity (Wildman–Crippen MR) is 73.8 cm³/mol. The second kappa shape index (κ2) is 7.41. The quantitative estimate of drug-likeness (QED) is 0.790. The largest absolute Gasteiger partial charge is 0.383 e. The molecule has 0 bridgehead atoms. The van der Waals surface area contributed by atoms with Crippen LogP contribution in [-0.4, -0.2) is 30.0 Å². The molecule has 0 radical (unpaired) electrons. The van der Waals surface area contributed by atoms with Crippen molar-refractivity contribution in [3.63, 3.8) is 0 Å². The zero-order chi connectivity index (χ0) is 12.6. The van der Waals surface area contributed by atoms with Crippen LogP contribution in [0.3, 0.4) is 0 Å². The van der Waals surface area contributed by atoms with Crippen LogP contribution in [0.25, 0.3) is 0 Å². The van der Waals surface area contributed by atoms with Crippen LogP contribution in [0.15, 0.2) is 12.4 Å². The van der Waals surface area contributed by atoms with E-state index in [1.165, 1.54) is 38.5 Å². The first-order valence-corrected chi connectivity index (χ1v) is 7.14. The average molecular weight is 251 g/mol. The Kier molecular flexibility index (Phi) is 5.52. The Balaban J connectivity index is 1.73. The summed E-state index contributed by atoms with van der Waals surface area (Å²) in [5.74, 6) is 0.842. The fourth-order valence-electron chi connectivity index (χ4n) is 2.59. The van der Waals surface area contributed by atoms with E-state index in [0.29, 0.717) is 6.61 Å². The molecule has 0 aliphatic heterocycles. The number of nitrogens with one attached hydrogen (secondary N) is 1. The highest BCUT2D eigenvalue weighted by molar-refractivity contribution is 5.38. The Hall–Kier alpha value is -1.03. The van der Waals surface area contributed by atoms with Gasteiger partial charge in [-0.25, -0.2) is 0 Å². The van der Waals surface area contributed by atoms with Crippen LogP contribution in [0.1, 0.15) is 38.5 Å². The average Bonchev–Trinajstić information content (AvgIpc) is 2.68. The molecule has 0 saturated heterocycles. The van der Waals surface area contributed by atoms with Crippen molar-refractivity contribution in [3.8, 4) is 0 Å². The number of anilines is 1. The molecule has 0 spiro atoms. The highest BCUT2D eigenvalue weighted by atomic mass is 16.5. The van der Waals surface area contributed by atoms with Crippen LogP contribution in [0.2, 0.25) is 0 Å². The molecule has 0 amide bonds. The summed E-state index contributed by atoms with van der Waals surface area (Å²) in [7, 11) is 1.72. The minimum atomic E-state index is 0.712. The summed E-state index contributed by atoms with van der Waals surface area (Å²) >= 11 is 0. The summed E-state index contributed by atoms with van der Waals surface area (Å²) in [6.07, 6.45) is 12.4. The third-order valence-electron chi connectivity index (χ3n) is 3.73. The predicted octanol–water partition coefficient (Wildman–Crippen LogP) is 2.91. The van der Waals surface area contributed by atoms with E-state index < -0.39 is 0 Å². The second-order valence-corrected chi connectivity index (χ2v) is 5.22. The van der Waals surface area contributed by atoms with Crippen molar-refractivity contribution in [2.24, 2.45) is 5.92 Å². The van der Waals surface area contributed by atoms with Crippen molar-refractivity contribution in [2.75, 3.05) is 25.6 Å². The molecule has 0 unspecified atom stereocenters. The minimum Gasteiger partial charge on any atom is -0.383 e. The smallest absolute Gasteiger partial charge is 0.0726 e. The van der Waals surface area contributed by atoms with Crippen molar-refractivity contribution in [1.29, 1.82) is 0 Å². The van der Waals surface area contributed by atoms with Crippen LogP contribution in [0, 0.1) is 5.92 Å². The zero-order valence-electron chi connectivity index (χ0n) is 11.4. The van der Waals surface area contributed by atoms with Crippen LogP contribution < -0.4 is 5.32 Å². The van der Waals surface area contributed by atoms with Gasteiger partial charge in [0.15, 0.2) is 0 Å². The standard InChI is InChI=1S/C14H25N3O/c1-18-9-8-17-12-14(11-16-17)15-10-13-6-4-2-3-5-7-13/h11-13,15H,2-10H2,1H3. The molecule has 1 heterocycles. The molecule has 1 aromatic rings. The molecule has 18 heavy (non-hydrogen) atoms. The minimum absolute atomic E-state index is 0.712. The molecule has 1 fully saturated rings. The molecule has 4 heteroatoms. The summed E-state index contributed by atoms with van der Waals surface area (Å²) in [6.45, 7) is 2.63. The number of aromatic nitrogens is 2. The maximum absolute atomic E-state index is 5.04. The summed E-state index contributed by atoms with van der Waals surface area (Å²) in [5.41, 5.74) is 1.13. The van der Waals surface area contributed by atoms with Gasteiger partial charge in [-0.3, -0.25) is 4.68 Å². The van der Waals surface area contributed by atoms with Gasteiger partial charge in [0.1, 0.15) is 0 Å². The van der Waals surface area contributed by atoms with Gasteiger partial charge >= 0.3 is 0 Å². The zero-order valence-corrected chi connectivity index (χ0v) is 11.4. The Morgan fingerprint density at radius 1 is 1.33 bits per heavy atom. The third-order valence-corrected chi connectivity index (χ3v) is 3.73. The van der Waals surface area contributed by atoms with E-state index in [1.54, 1.807) is 7.11 Å². The van der Waals surface area contributed by atoms with Gasteiger partial charge in [-0.2, -0.15) is 5.10 Å². The Bertz CT molecular complexity index is 330. The van der Waals surface area contributed by atoms with Crippen LogP contribution in [0.4, 0.5) is 5.69 Å². The first kappa shape index (κ1) is 13.4. The maximum atomic E-state index is 5.04. The van der Waals surface area contributed by atoms with E-state index >= 15 is 0 Å². The molecule has 2 rings (SSSR count). The fourth-order valence-corrected chi connectivity index (χ4v) is 2.59. The van der Waals surface area contributed by atoms with Crippen molar-refractivity contribution in [3.05, 3.63) is 12.4 Å². The van der Waals surface area contributed by atoms with Gasteiger partial charge in [0, 0.05) is 19.9 Å². The molecule has 4 nitrogen and oxygen atoms in total. The second-order valence-electron chi connectivity index (χ2n) is 5.22. The van der Waals surface area contributed by atoms with E-state index in [0.717, 1.165) is 24.7 Å². The number of hydrogen-bond donors (Lipinski definition) is 1. The van der Waals surface area contributed by atoms with Gasteiger partial charge in [0.2, 0.25) is 0 Å². The van der Waals surface area contributed by atoms with Gasteiger partial charge in [0.25, 0.3) is 0 Å². The van der Waals surface area contributed by atoms with Crippen LogP contribution >= 0.6 is 0 Å². The van der Waals surface area contributed by atoms with Gasteiger partial charge in [-0.05, 0) is 18.8 Å². The highest BCUT2D eigenvalue weighted by Crippen LogP contribution is 2.23. The third kappa shape index (κ3) is 4.33. The maximum Gasteiger partial charge on any atom is 0.0726 e. The molecule has 1 aliphatic rings. The Morgan fingerprint density at radius 2 is 2.11 bits per heavy atom.